The van der Waals surface area contributed by atoms with E-state index in [1.165, 1.54) is 0 Å². The van der Waals surface area contributed by atoms with Crippen molar-refractivity contribution < 1.29 is 19.7 Å². The smallest absolute Gasteiger partial charge is 0.122 e. The van der Waals surface area contributed by atoms with E-state index in [0.717, 1.165) is 6.42 Å². The first-order valence-corrected chi connectivity index (χ1v) is 4.63. The van der Waals surface area contributed by atoms with Crippen molar-refractivity contribution in [1.82, 2.24) is 0 Å². The maximum Gasteiger partial charge on any atom is 0.122 e. The molecule has 84 valence electrons. The van der Waals surface area contributed by atoms with Gasteiger partial charge < -0.3 is 9.90 Å². The van der Waals surface area contributed by atoms with Gasteiger partial charge >= 0.3 is 0 Å². The normalized spacial score (nSPS) is 12.9. The molecular formula is C10H19O4-. The van der Waals surface area contributed by atoms with E-state index in [-0.39, 0.29) is 5.41 Å². The summed E-state index contributed by atoms with van der Waals surface area (Å²) in [4.78, 5) is 19.6. The van der Waals surface area contributed by atoms with Gasteiger partial charge in [0.05, 0.1) is 11.6 Å². The highest BCUT2D eigenvalue weighted by Crippen LogP contribution is 2.29. The molecule has 0 aliphatic heterocycles. The Bertz CT molecular complexity index is 191. The van der Waals surface area contributed by atoms with Crippen LogP contribution in [0.1, 0.15) is 41.0 Å². The van der Waals surface area contributed by atoms with E-state index in [0.29, 0.717) is 0 Å². The van der Waals surface area contributed by atoms with Crippen LogP contribution in [0.25, 0.3) is 0 Å². The Morgan fingerprint density at radius 1 is 1.21 bits per heavy atom. The molecule has 0 aliphatic rings. The SMILES string of the molecule is CC(C)(C)CC(C)(C)OOCC(=O)[O-]. The molecule has 0 amide bonds. The zero-order valence-corrected chi connectivity index (χ0v) is 9.55. The van der Waals surface area contributed by atoms with E-state index in [1.807, 2.05) is 13.8 Å². The predicted octanol–water partition coefficient (Wildman–Crippen LogP) is 0.899. The number of carbonyl (C=O) groups excluding carboxylic acids is 1. The predicted molar refractivity (Wildman–Crippen MR) is 50.2 cm³/mol. The van der Waals surface area contributed by atoms with Gasteiger partial charge in [-0.2, -0.15) is 0 Å². The average molecular weight is 203 g/mol. The molecule has 0 fully saturated rings. The van der Waals surface area contributed by atoms with E-state index < -0.39 is 18.2 Å². The summed E-state index contributed by atoms with van der Waals surface area (Å²) in [6.45, 7) is 9.42. The monoisotopic (exact) mass is 203 g/mol. The zero-order chi connectivity index (χ0) is 11.4. The van der Waals surface area contributed by atoms with Gasteiger partial charge in [-0.15, -0.1) is 0 Å². The van der Waals surface area contributed by atoms with Gasteiger partial charge in [-0.25, -0.2) is 9.78 Å². The molecule has 0 radical (unpaired) electrons. The molecule has 0 bridgehead atoms. The number of aliphatic carboxylic acids is 1. The third kappa shape index (κ3) is 8.01. The molecular weight excluding hydrogens is 184 g/mol. The van der Waals surface area contributed by atoms with Crippen molar-refractivity contribution in [1.29, 1.82) is 0 Å². The van der Waals surface area contributed by atoms with Crippen LogP contribution in [-0.4, -0.2) is 18.2 Å². The maximum absolute atomic E-state index is 10.1. The first kappa shape index (κ1) is 13.4. The summed E-state index contributed by atoms with van der Waals surface area (Å²) in [5.74, 6) is -1.28. The molecule has 0 saturated carbocycles. The summed E-state index contributed by atoms with van der Waals surface area (Å²) in [6.07, 6.45) is 0.771. The average Bonchev–Trinajstić information content (AvgIpc) is 1.78. The molecule has 0 aromatic carbocycles. The van der Waals surface area contributed by atoms with Gasteiger partial charge in [0.1, 0.15) is 6.61 Å². The van der Waals surface area contributed by atoms with Gasteiger partial charge in [-0.3, -0.25) is 0 Å². The first-order valence-electron chi connectivity index (χ1n) is 4.63. The van der Waals surface area contributed by atoms with Crippen LogP contribution < -0.4 is 5.11 Å². The topological polar surface area (TPSA) is 58.6 Å². The maximum atomic E-state index is 10.1. The van der Waals surface area contributed by atoms with Crippen molar-refractivity contribution >= 4 is 5.97 Å². The largest absolute Gasteiger partial charge is 0.547 e. The van der Waals surface area contributed by atoms with Crippen molar-refractivity contribution in [3.05, 3.63) is 0 Å². The highest BCUT2D eigenvalue weighted by atomic mass is 17.2. The second-order valence-corrected chi connectivity index (χ2v) is 5.21. The fourth-order valence-corrected chi connectivity index (χ4v) is 1.54. The third-order valence-electron chi connectivity index (χ3n) is 1.42. The Kier molecular flexibility index (Phi) is 4.55. The fraction of sp³-hybridized carbons (Fsp3) is 0.900. The fourth-order valence-electron chi connectivity index (χ4n) is 1.54. The number of carbonyl (C=O) groups is 1. The Morgan fingerprint density at radius 2 is 1.71 bits per heavy atom. The quantitative estimate of drug-likeness (QED) is 0.492. The van der Waals surface area contributed by atoms with Crippen LogP contribution in [0.15, 0.2) is 0 Å². The molecule has 0 aliphatic carbocycles. The minimum atomic E-state index is -1.28. The first-order chi connectivity index (χ1) is 6.12. The number of hydrogen-bond acceptors (Lipinski definition) is 4. The Hall–Kier alpha value is -0.610. The van der Waals surface area contributed by atoms with Gasteiger partial charge in [0.15, 0.2) is 0 Å². The highest BCUT2D eigenvalue weighted by molar-refractivity contribution is 5.65. The summed E-state index contributed by atoms with van der Waals surface area (Å²) in [5.41, 5.74) is -0.387. The van der Waals surface area contributed by atoms with E-state index in [4.69, 9.17) is 4.89 Å². The van der Waals surface area contributed by atoms with Crippen LogP contribution in [-0.2, 0) is 14.6 Å². The van der Waals surface area contributed by atoms with Crippen LogP contribution in [0.5, 0.6) is 0 Å². The van der Waals surface area contributed by atoms with Gasteiger partial charge in [-0.1, -0.05) is 20.8 Å². The van der Waals surface area contributed by atoms with E-state index in [1.54, 1.807) is 0 Å². The molecule has 0 aromatic heterocycles. The lowest BCUT2D eigenvalue weighted by molar-refractivity contribution is -0.375. The van der Waals surface area contributed by atoms with Crippen molar-refractivity contribution in [3.63, 3.8) is 0 Å². The Morgan fingerprint density at radius 3 is 2.07 bits per heavy atom. The number of carboxylic acids is 1. The molecule has 0 heterocycles. The molecule has 0 N–H and O–H groups in total. The Labute approximate surface area is 85.1 Å². The molecule has 0 saturated heterocycles. The molecule has 0 spiro atoms. The van der Waals surface area contributed by atoms with E-state index in [2.05, 4.69) is 25.7 Å². The van der Waals surface area contributed by atoms with Crippen LogP contribution in [0.4, 0.5) is 0 Å². The second kappa shape index (κ2) is 4.75. The summed E-state index contributed by atoms with van der Waals surface area (Å²) in [5, 5.41) is 10.1. The molecule has 4 heteroatoms. The summed E-state index contributed by atoms with van der Waals surface area (Å²) in [7, 11) is 0. The van der Waals surface area contributed by atoms with Crippen LogP contribution >= 0.6 is 0 Å². The lowest BCUT2D eigenvalue weighted by Crippen LogP contribution is -2.33. The molecule has 0 aromatic rings. The van der Waals surface area contributed by atoms with Crippen molar-refractivity contribution in [2.45, 2.75) is 46.6 Å². The van der Waals surface area contributed by atoms with Gasteiger partial charge in [0.2, 0.25) is 0 Å². The lowest BCUT2D eigenvalue weighted by atomic mass is 9.84. The van der Waals surface area contributed by atoms with E-state index >= 15 is 0 Å². The minimum Gasteiger partial charge on any atom is -0.547 e. The summed E-state index contributed by atoms with van der Waals surface area (Å²) >= 11 is 0. The van der Waals surface area contributed by atoms with Crippen molar-refractivity contribution in [2.24, 2.45) is 5.41 Å². The molecule has 0 unspecified atom stereocenters. The van der Waals surface area contributed by atoms with Crippen LogP contribution in [0.2, 0.25) is 0 Å². The molecule has 14 heavy (non-hydrogen) atoms. The third-order valence-corrected chi connectivity index (χ3v) is 1.42. The second-order valence-electron chi connectivity index (χ2n) is 5.21. The highest BCUT2D eigenvalue weighted by Gasteiger charge is 2.27. The van der Waals surface area contributed by atoms with Crippen LogP contribution in [0.3, 0.4) is 0 Å². The minimum absolute atomic E-state index is 0.105. The van der Waals surface area contributed by atoms with Gasteiger partial charge in [0, 0.05) is 0 Å². The molecule has 4 nitrogen and oxygen atoms in total. The van der Waals surface area contributed by atoms with Crippen LogP contribution in [0, 0.1) is 5.41 Å². The summed E-state index contributed by atoms with van der Waals surface area (Å²) < 4.78 is 0. The van der Waals surface area contributed by atoms with Crippen molar-refractivity contribution in [3.8, 4) is 0 Å². The standard InChI is InChI=1S/C10H20O4/c1-9(2,3)7-10(4,5)14-13-6-8(11)12/h6-7H2,1-5H3,(H,11,12)/p-1. The number of rotatable bonds is 5. The van der Waals surface area contributed by atoms with E-state index in [9.17, 15) is 9.90 Å². The lowest BCUT2D eigenvalue weighted by Gasteiger charge is -2.30. The summed E-state index contributed by atoms with van der Waals surface area (Å²) in [6, 6.07) is 0. The number of carboxylic acid groups (broad SMARTS) is 1. The number of hydrogen-bond donors (Lipinski definition) is 0. The molecule has 0 atom stereocenters. The zero-order valence-electron chi connectivity index (χ0n) is 9.55. The molecule has 0 rings (SSSR count). The van der Waals surface area contributed by atoms with Gasteiger partial charge in [-0.05, 0) is 25.7 Å². The van der Waals surface area contributed by atoms with Crippen molar-refractivity contribution in [2.75, 3.05) is 6.61 Å². The Balaban J connectivity index is 3.89. The van der Waals surface area contributed by atoms with Gasteiger partial charge in [0.25, 0.3) is 0 Å².